The van der Waals surface area contributed by atoms with Crippen LogP contribution in [0.2, 0.25) is 5.15 Å². The van der Waals surface area contributed by atoms with Gasteiger partial charge in [0.15, 0.2) is 0 Å². The van der Waals surface area contributed by atoms with Crippen LogP contribution in [0.4, 0.5) is 5.69 Å². The van der Waals surface area contributed by atoms with Crippen molar-refractivity contribution in [2.75, 3.05) is 5.32 Å². The third-order valence-corrected chi connectivity index (χ3v) is 5.33. The Hall–Kier alpha value is -0.760. The zero-order valence-corrected chi connectivity index (χ0v) is 12.5. The number of hydrogen-bond donors (Lipinski definition) is 1. The lowest BCUT2D eigenvalue weighted by atomic mass is 9.71. The molecule has 19 heavy (non-hydrogen) atoms. The van der Waals surface area contributed by atoms with Gasteiger partial charge in [0.1, 0.15) is 5.15 Å². The van der Waals surface area contributed by atoms with Crippen molar-refractivity contribution in [1.29, 1.82) is 0 Å². The van der Waals surface area contributed by atoms with Crippen LogP contribution in [0.25, 0.3) is 0 Å². The second-order valence-electron chi connectivity index (χ2n) is 6.39. The smallest absolute Gasteiger partial charge is 0.129 e. The molecule has 3 heteroatoms. The van der Waals surface area contributed by atoms with E-state index in [1.54, 1.807) is 0 Å². The van der Waals surface area contributed by atoms with Gasteiger partial charge in [-0.25, -0.2) is 4.98 Å². The van der Waals surface area contributed by atoms with E-state index in [1.807, 2.05) is 13.0 Å². The van der Waals surface area contributed by atoms with Crippen molar-refractivity contribution in [3.63, 3.8) is 0 Å². The summed E-state index contributed by atoms with van der Waals surface area (Å²) < 4.78 is 0. The number of rotatable bonds is 2. The Morgan fingerprint density at radius 1 is 1.16 bits per heavy atom. The van der Waals surface area contributed by atoms with Gasteiger partial charge in [0.05, 0.1) is 11.4 Å². The molecule has 0 bridgehead atoms. The van der Waals surface area contributed by atoms with Crippen LogP contribution in [0.1, 0.15) is 57.1 Å². The Bertz CT molecular complexity index is 442. The minimum absolute atomic E-state index is 0.580. The standard InChI is InChI=1S/C16H23ClN2/c1-12-14(4-5-15(17)18-12)19-13-6-10-16(11-7-13)8-2-3-9-16/h4-5,13,19H,2-3,6-11H2,1H3. The van der Waals surface area contributed by atoms with Crippen LogP contribution < -0.4 is 5.32 Å². The second kappa shape index (κ2) is 5.32. The molecule has 2 aliphatic rings. The van der Waals surface area contributed by atoms with Crippen LogP contribution in [0.15, 0.2) is 12.1 Å². The highest BCUT2D eigenvalue weighted by Crippen LogP contribution is 2.49. The number of nitrogens with one attached hydrogen (secondary N) is 1. The van der Waals surface area contributed by atoms with Gasteiger partial charge < -0.3 is 5.32 Å². The summed E-state index contributed by atoms with van der Waals surface area (Å²) in [5, 5.41) is 4.24. The topological polar surface area (TPSA) is 24.9 Å². The maximum absolute atomic E-state index is 5.90. The maximum atomic E-state index is 5.90. The predicted molar refractivity (Wildman–Crippen MR) is 80.8 cm³/mol. The summed E-state index contributed by atoms with van der Waals surface area (Å²) in [5.74, 6) is 0. The summed E-state index contributed by atoms with van der Waals surface area (Å²) in [5.41, 5.74) is 2.87. The largest absolute Gasteiger partial charge is 0.381 e. The van der Waals surface area contributed by atoms with Crippen LogP contribution in [0.5, 0.6) is 0 Å². The molecule has 104 valence electrons. The van der Waals surface area contributed by atoms with Crippen LogP contribution in [0.3, 0.4) is 0 Å². The SMILES string of the molecule is Cc1nc(Cl)ccc1NC1CCC2(CCCC2)CC1. The number of halogens is 1. The third-order valence-electron chi connectivity index (χ3n) is 5.12. The molecule has 1 N–H and O–H groups in total. The van der Waals surface area contributed by atoms with Gasteiger partial charge in [-0.2, -0.15) is 0 Å². The van der Waals surface area contributed by atoms with Crippen LogP contribution in [-0.2, 0) is 0 Å². The summed E-state index contributed by atoms with van der Waals surface area (Å²) in [7, 11) is 0. The minimum atomic E-state index is 0.580. The molecule has 0 saturated heterocycles. The number of anilines is 1. The summed E-state index contributed by atoms with van der Waals surface area (Å²) in [6.45, 7) is 2.02. The van der Waals surface area contributed by atoms with E-state index in [2.05, 4.69) is 16.4 Å². The van der Waals surface area contributed by atoms with Crippen molar-refractivity contribution in [1.82, 2.24) is 4.98 Å². The lowest BCUT2D eigenvalue weighted by Gasteiger charge is -2.38. The monoisotopic (exact) mass is 278 g/mol. The molecule has 0 atom stereocenters. The number of pyridine rings is 1. The van der Waals surface area contributed by atoms with Crippen LogP contribution in [-0.4, -0.2) is 11.0 Å². The van der Waals surface area contributed by atoms with Crippen molar-refractivity contribution in [3.8, 4) is 0 Å². The normalized spacial score (nSPS) is 22.8. The fourth-order valence-electron chi connectivity index (χ4n) is 3.90. The number of aromatic nitrogens is 1. The highest BCUT2D eigenvalue weighted by molar-refractivity contribution is 6.29. The zero-order valence-electron chi connectivity index (χ0n) is 11.7. The first-order valence-electron chi connectivity index (χ1n) is 7.57. The first-order valence-corrected chi connectivity index (χ1v) is 7.94. The van der Waals surface area contributed by atoms with Crippen molar-refractivity contribution in [2.24, 2.45) is 5.41 Å². The molecule has 2 aliphatic carbocycles. The highest BCUT2D eigenvalue weighted by atomic mass is 35.5. The maximum Gasteiger partial charge on any atom is 0.129 e. The second-order valence-corrected chi connectivity index (χ2v) is 6.78. The summed E-state index contributed by atoms with van der Waals surface area (Å²) in [4.78, 5) is 4.31. The molecule has 1 aromatic heterocycles. The first kappa shape index (κ1) is 13.2. The van der Waals surface area contributed by atoms with E-state index in [-0.39, 0.29) is 0 Å². The molecule has 1 heterocycles. The molecule has 3 rings (SSSR count). The van der Waals surface area contributed by atoms with Crippen LogP contribution >= 0.6 is 11.6 Å². The molecule has 1 spiro atoms. The Morgan fingerprint density at radius 2 is 1.84 bits per heavy atom. The molecule has 1 aromatic rings. The van der Waals surface area contributed by atoms with Gasteiger partial charge >= 0.3 is 0 Å². The molecule has 2 nitrogen and oxygen atoms in total. The van der Waals surface area contributed by atoms with Crippen molar-refractivity contribution in [3.05, 3.63) is 23.0 Å². The van der Waals surface area contributed by atoms with Gasteiger partial charge in [-0.1, -0.05) is 24.4 Å². The van der Waals surface area contributed by atoms with E-state index < -0.39 is 0 Å². The van der Waals surface area contributed by atoms with E-state index in [0.717, 1.165) is 11.4 Å². The fraction of sp³-hybridized carbons (Fsp3) is 0.688. The molecular formula is C16H23ClN2. The number of hydrogen-bond acceptors (Lipinski definition) is 2. The summed E-state index contributed by atoms with van der Waals surface area (Å²) >= 11 is 5.90. The van der Waals surface area contributed by atoms with Gasteiger partial charge in [-0.05, 0) is 63.0 Å². The van der Waals surface area contributed by atoms with E-state index in [4.69, 9.17) is 11.6 Å². The quantitative estimate of drug-likeness (QED) is 0.774. The van der Waals surface area contributed by atoms with Crippen LogP contribution in [0, 0.1) is 12.3 Å². The number of aryl methyl sites for hydroxylation is 1. The van der Waals surface area contributed by atoms with Gasteiger partial charge in [0.25, 0.3) is 0 Å². The fourth-order valence-corrected chi connectivity index (χ4v) is 4.09. The van der Waals surface area contributed by atoms with E-state index in [9.17, 15) is 0 Å². The Labute approximate surface area is 121 Å². The van der Waals surface area contributed by atoms with Gasteiger partial charge in [-0.3, -0.25) is 0 Å². The average molecular weight is 279 g/mol. The van der Waals surface area contributed by atoms with Crippen molar-refractivity contribution < 1.29 is 0 Å². The summed E-state index contributed by atoms with van der Waals surface area (Å²) in [6, 6.07) is 4.55. The number of nitrogens with zero attached hydrogens (tertiary/aromatic N) is 1. The van der Waals surface area contributed by atoms with Crippen molar-refractivity contribution >= 4 is 17.3 Å². The molecule has 0 aromatic carbocycles. The molecule has 2 fully saturated rings. The van der Waals surface area contributed by atoms with E-state index in [1.165, 1.54) is 51.4 Å². The predicted octanol–water partition coefficient (Wildman–Crippen LogP) is 4.96. The van der Waals surface area contributed by atoms with E-state index >= 15 is 0 Å². The molecule has 0 aliphatic heterocycles. The molecule has 0 amide bonds. The Kier molecular flexibility index (Phi) is 3.70. The molecule has 0 radical (unpaired) electrons. The molecule has 2 saturated carbocycles. The van der Waals surface area contributed by atoms with Gasteiger partial charge in [0.2, 0.25) is 0 Å². The average Bonchev–Trinajstić information content (AvgIpc) is 2.84. The first-order chi connectivity index (χ1) is 9.17. The zero-order chi connectivity index (χ0) is 13.3. The van der Waals surface area contributed by atoms with Gasteiger partial charge in [0, 0.05) is 6.04 Å². The highest BCUT2D eigenvalue weighted by Gasteiger charge is 2.37. The summed E-state index contributed by atoms with van der Waals surface area (Å²) in [6.07, 6.45) is 11.3. The van der Waals surface area contributed by atoms with E-state index in [0.29, 0.717) is 16.6 Å². The van der Waals surface area contributed by atoms with Crippen molar-refractivity contribution in [2.45, 2.75) is 64.3 Å². The van der Waals surface area contributed by atoms with Gasteiger partial charge in [-0.15, -0.1) is 0 Å². The third kappa shape index (κ3) is 2.89. The molecule has 0 unspecified atom stereocenters. The lowest BCUT2D eigenvalue weighted by molar-refractivity contribution is 0.188. The molecular weight excluding hydrogens is 256 g/mol. The lowest BCUT2D eigenvalue weighted by Crippen LogP contribution is -2.31. The Balaban J connectivity index is 1.60. The minimum Gasteiger partial charge on any atom is -0.381 e. The Morgan fingerprint density at radius 3 is 2.47 bits per heavy atom.